The summed E-state index contributed by atoms with van der Waals surface area (Å²) in [6.07, 6.45) is 0. The molecule has 1 aromatic heterocycles. The second kappa shape index (κ2) is 4.29. The van der Waals surface area contributed by atoms with E-state index in [1.54, 1.807) is 20.8 Å². The monoisotopic (exact) mass is 286 g/mol. The third-order valence-corrected chi connectivity index (χ3v) is 4.97. The fraction of sp³-hybridized carbons (Fsp3) is 0.500. The van der Waals surface area contributed by atoms with Crippen LogP contribution >= 0.6 is 11.3 Å². The Morgan fingerprint density at radius 3 is 2.24 bits per heavy atom. The molecule has 0 aliphatic rings. The van der Waals surface area contributed by atoms with Gasteiger partial charge in [-0.15, -0.1) is 11.3 Å². The number of nitrogens with one attached hydrogen (secondary N) is 1. The molecule has 98 valence electrons. The minimum atomic E-state index is -5.32. The molecule has 17 heavy (non-hydrogen) atoms. The summed E-state index contributed by atoms with van der Waals surface area (Å²) in [7, 11) is -4.12. The lowest BCUT2D eigenvalue weighted by Crippen LogP contribution is -2.44. The van der Waals surface area contributed by atoms with E-state index in [1.807, 2.05) is 0 Å². The average molecular weight is 286 g/mol. The maximum absolute atomic E-state index is 12.6. The SMILES string of the molecule is CC(C)(C)NS(=O)(=O)c1sccc1[B-](F)(F)F. The van der Waals surface area contributed by atoms with Crippen molar-refractivity contribution >= 4 is 33.8 Å². The molecule has 0 unspecified atom stereocenters. The maximum atomic E-state index is 12.6. The molecular weight excluding hydrogens is 274 g/mol. The van der Waals surface area contributed by atoms with E-state index in [0.29, 0.717) is 11.3 Å². The van der Waals surface area contributed by atoms with Gasteiger partial charge in [-0.2, -0.15) is 0 Å². The van der Waals surface area contributed by atoms with Gasteiger partial charge in [0.15, 0.2) is 0 Å². The molecule has 0 fully saturated rings. The van der Waals surface area contributed by atoms with Gasteiger partial charge >= 0.3 is 6.98 Å². The van der Waals surface area contributed by atoms with Gasteiger partial charge in [-0.3, -0.25) is 0 Å². The van der Waals surface area contributed by atoms with Crippen molar-refractivity contribution in [3.8, 4) is 0 Å². The van der Waals surface area contributed by atoms with Crippen LogP contribution in [0, 0.1) is 0 Å². The smallest absolute Gasteiger partial charge is 0.445 e. The van der Waals surface area contributed by atoms with E-state index in [-0.39, 0.29) is 0 Å². The Labute approximate surface area is 102 Å². The van der Waals surface area contributed by atoms with E-state index in [2.05, 4.69) is 4.72 Å². The Balaban J connectivity index is 3.23. The van der Waals surface area contributed by atoms with Gasteiger partial charge in [-0.25, -0.2) is 13.1 Å². The molecule has 0 radical (unpaired) electrons. The van der Waals surface area contributed by atoms with Crippen molar-refractivity contribution in [2.75, 3.05) is 0 Å². The Hall–Kier alpha value is -0.535. The van der Waals surface area contributed by atoms with Crippen molar-refractivity contribution in [3.05, 3.63) is 11.4 Å². The van der Waals surface area contributed by atoms with Gasteiger partial charge in [-0.1, -0.05) is 11.5 Å². The Kier molecular flexibility index (Phi) is 3.67. The Morgan fingerprint density at radius 1 is 1.29 bits per heavy atom. The zero-order valence-corrected chi connectivity index (χ0v) is 11.1. The number of halogens is 3. The summed E-state index contributed by atoms with van der Waals surface area (Å²) in [4.78, 5) is 0. The van der Waals surface area contributed by atoms with Crippen molar-refractivity contribution in [2.24, 2.45) is 0 Å². The largest absolute Gasteiger partial charge is 0.511 e. The molecule has 0 saturated carbocycles. The molecule has 0 bridgehead atoms. The minimum Gasteiger partial charge on any atom is -0.445 e. The van der Waals surface area contributed by atoms with Crippen LogP contribution in [0.15, 0.2) is 15.7 Å². The van der Waals surface area contributed by atoms with Gasteiger partial charge < -0.3 is 12.9 Å². The van der Waals surface area contributed by atoms with Crippen LogP contribution in [0.5, 0.6) is 0 Å². The van der Waals surface area contributed by atoms with Crippen LogP contribution in [-0.2, 0) is 10.0 Å². The predicted octanol–water partition coefficient (Wildman–Crippen LogP) is 1.88. The van der Waals surface area contributed by atoms with Crippen molar-refractivity contribution in [2.45, 2.75) is 30.5 Å². The average Bonchev–Trinajstić information content (AvgIpc) is 2.44. The third-order valence-electron chi connectivity index (χ3n) is 1.70. The lowest BCUT2D eigenvalue weighted by Gasteiger charge is -2.22. The van der Waals surface area contributed by atoms with Gasteiger partial charge in [0, 0.05) is 5.54 Å². The summed E-state index contributed by atoms with van der Waals surface area (Å²) in [6.45, 7) is -0.621. The summed E-state index contributed by atoms with van der Waals surface area (Å²) >= 11 is 0.569. The Bertz CT molecular complexity index is 502. The highest BCUT2D eigenvalue weighted by molar-refractivity contribution is 7.91. The van der Waals surface area contributed by atoms with Gasteiger partial charge in [0.2, 0.25) is 10.0 Å². The summed E-state index contributed by atoms with van der Waals surface area (Å²) < 4.78 is 63.0. The molecule has 1 rings (SSSR count). The standard InChI is InChI=1S/C8H12BF3NO2S2/c1-8(2,3)13-17(14,15)7-6(4-5-16-7)9(10,11)12/h4-5,13H,1-3H3/q-1. The van der Waals surface area contributed by atoms with E-state index in [9.17, 15) is 21.4 Å². The Morgan fingerprint density at radius 2 is 1.82 bits per heavy atom. The highest BCUT2D eigenvalue weighted by atomic mass is 32.2. The molecule has 0 amide bonds. The van der Waals surface area contributed by atoms with Crippen molar-refractivity contribution in [1.29, 1.82) is 0 Å². The number of thiophene rings is 1. The molecule has 0 spiro atoms. The molecule has 3 nitrogen and oxygen atoms in total. The molecular formula is C8H12BF3NO2S2-. The number of rotatable bonds is 3. The molecule has 9 heteroatoms. The first kappa shape index (κ1) is 14.5. The molecule has 0 aromatic carbocycles. The van der Waals surface area contributed by atoms with Crippen LogP contribution in [0.1, 0.15) is 20.8 Å². The lowest BCUT2D eigenvalue weighted by molar-refractivity contribution is 0.487. The van der Waals surface area contributed by atoms with Crippen LogP contribution in [0.2, 0.25) is 0 Å². The topological polar surface area (TPSA) is 46.2 Å². The number of sulfonamides is 1. The van der Waals surface area contributed by atoms with Crippen molar-refractivity contribution in [1.82, 2.24) is 4.72 Å². The summed E-state index contributed by atoms with van der Waals surface area (Å²) in [6, 6.07) is 0.794. The first-order valence-electron chi connectivity index (χ1n) is 4.75. The van der Waals surface area contributed by atoms with E-state index in [0.717, 1.165) is 11.4 Å². The number of hydrogen-bond acceptors (Lipinski definition) is 3. The van der Waals surface area contributed by atoms with Crippen molar-refractivity contribution in [3.63, 3.8) is 0 Å². The number of hydrogen-bond donors (Lipinski definition) is 1. The van der Waals surface area contributed by atoms with Crippen LogP contribution in [0.3, 0.4) is 0 Å². The summed E-state index contributed by atoms with van der Waals surface area (Å²) in [5, 5.41) is 1.13. The lowest BCUT2D eigenvalue weighted by atomic mass is 9.83. The molecule has 0 aliphatic carbocycles. The molecule has 0 saturated heterocycles. The fourth-order valence-electron chi connectivity index (χ4n) is 1.22. The minimum absolute atomic E-state index is 0.569. The summed E-state index contributed by atoms with van der Waals surface area (Å²) in [5.74, 6) is 0. The zero-order valence-electron chi connectivity index (χ0n) is 9.50. The van der Waals surface area contributed by atoms with E-state index < -0.39 is 32.2 Å². The summed E-state index contributed by atoms with van der Waals surface area (Å²) in [5.41, 5.74) is -1.88. The second-order valence-electron chi connectivity index (χ2n) is 4.59. The van der Waals surface area contributed by atoms with Gasteiger partial charge in [-0.05, 0) is 26.2 Å². The first-order valence-corrected chi connectivity index (χ1v) is 7.11. The third kappa shape index (κ3) is 3.72. The first-order chi connectivity index (χ1) is 7.43. The van der Waals surface area contributed by atoms with Crippen LogP contribution in [0.4, 0.5) is 12.9 Å². The highest BCUT2D eigenvalue weighted by Gasteiger charge is 2.34. The van der Waals surface area contributed by atoms with Crippen LogP contribution in [-0.4, -0.2) is 20.9 Å². The van der Waals surface area contributed by atoms with E-state index >= 15 is 0 Å². The van der Waals surface area contributed by atoms with Gasteiger partial charge in [0.25, 0.3) is 0 Å². The zero-order chi connectivity index (χ0) is 13.5. The van der Waals surface area contributed by atoms with Gasteiger partial charge in [0.1, 0.15) is 4.21 Å². The quantitative estimate of drug-likeness (QED) is 0.862. The molecule has 0 atom stereocenters. The molecule has 1 heterocycles. The van der Waals surface area contributed by atoms with Crippen LogP contribution < -0.4 is 10.2 Å². The van der Waals surface area contributed by atoms with Crippen LogP contribution in [0.25, 0.3) is 0 Å². The molecule has 1 aromatic rings. The molecule has 0 aliphatic heterocycles. The van der Waals surface area contributed by atoms with Gasteiger partial charge in [0.05, 0.1) is 0 Å². The van der Waals surface area contributed by atoms with Crippen molar-refractivity contribution < 1.29 is 21.4 Å². The maximum Gasteiger partial charge on any atom is 0.511 e. The van der Waals surface area contributed by atoms with E-state index in [1.165, 1.54) is 0 Å². The normalized spacial score (nSPS) is 14.0. The fourth-order valence-corrected chi connectivity index (χ4v) is 4.10. The highest BCUT2D eigenvalue weighted by Crippen LogP contribution is 2.22. The predicted molar refractivity (Wildman–Crippen MR) is 63.1 cm³/mol. The molecule has 1 N–H and O–H groups in total. The van der Waals surface area contributed by atoms with E-state index in [4.69, 9.17) is 0 Å². The second-order valence-corrected chi connectivity index (χ2v) is 7.39.